The van der Waals surface area contributed by atoms with E-state index >= 15 is 0 Å². The van der Waals surface area contributed by atoms with Crippen molar-refractivity contribution < 1.29 is 0 Å². The van der Waals surface area contributed by atoms with Gasteiger partial charge in [-0.3, -0.25) is 4.98 Å². The van der Waals surface area contributed by atoms with Gasteiger partial charge in [0, 0.05) is 11.1 Å². The minimum absolute atomic E-state index is 0.448. The van der Waals surface area contributed by atoms with Gasteiger partial charge in [-0.2, -0.15) is 0 Å². The first-order valence-electron chi connectivity index (χ1n) is 3.95. The number of rotatable bonds is 2. The lowest BCUT2D eigenvalue weighted by molar-refractivity contribution is 0.379. The van der Waals surface area contributed by atoms with E-state index in [4.69, 9.17) is 0 Å². The summed E-state index contributed by atoms with van der Waals surface area (Å²) < 4.78 is 0. The molecule has 2 heteroatoms. The van der Waals surface area contributed by atoms with Gasteiger partial charge in [-0.05, 0) is 18.3 Å². The van der Waals surface area contributed by atoms with Crippen LogP contribution in [0.4, 0.5) is 0 Å². The van der Waals surface area contributed by atoms with Crippen LogP contribution in [0.2, 0.25) is 0 Å². The maximum absolute atomic E-state index is 4.04. The maximum atomic E-state index is 4.04. The summed E-state index contributed by atoms with van der Waals surface area (Å²) in [5.74, 6) is 0. The molecule has 1 aromatic rings. The summed E-state index contributed by atoms with van der Waals surface area (Å²) in [6.45, 7) is 6.82. The summed E-state index contributed by atoms with van der Waals surface area (Å²) >= 11 is 1.75. The van der Waals surface area contributed by atoms with Crippen LogP contribution in [0.5, 0.6) is 0 Å². The molecule has 0 saturated carbocycles. The third-order valence-corrected chi connectivity index (χ3v) is 2.44. The molecule has 1 nitrogen and oxygen atoms in total. The highest BCUT2D eigenvalue weighted by molar-refractivity contribution is 7.09. The SMILES string of the molecule is CC(C)(C)CCc1cncs1. The van der Waals surface area contributed by atoms with Gasteiger partial charge in [0.1, 0.15) is 0 Å². The number of thiazole rings is 1. The average Bonchev–Trinajstić information content (AvgIpc) is 2.32. The van der Waals surface area contributed by atoms with E-state index in [1.165, 1.54) is 17.7 Å². The largest absolute Gasteiger partial charge is 0.253 e. The van der Waals surface area contributed by atoms with Gasteiger partial charge in [-0.15, -0.1) is 11.3 Å². The standard InChI is InChI=1S/C9H15NS/c1-9(2,3)5-4-8-6-10-7-11-8/h6-7H,4-5H2,1-3H3. The van der Waals surface area contributed by atoms with Crippen LogP contribution in [0.1, 0.15) is 32.1 Å². The van der Waals surface area contributed by atoms with Crippen molar-refractivity contribution in [2.24, 2.45) is 5.41 Å². The summed E-state index contributed by atoms with van der Waals surface area (Å²) in [4.78, 5) is 5.44. The highest BCUT2D eigenvalue weighted by Gasteiger charge is 2.09. The van der Waals surface area contributed by atoms with Crippen LogP contribution in [-0.4, -0.2) is 4.98 Å². The molecule has 0 aliphatic rings. The van der Waals surface area contributed by atoms with Crippen molar-refractivity contribution in [3.8, 4) is 0 Å². The fourth-order valence-electron chi connectivity index (χ4n) is 0.864. The van der Waals surface area contributed by atoms with Crippen molar-refractivity contribution in [2.75, 3.05) is 0 Å². The molecule has 1 rings (SSSR count). The molecule has 62 valence electrons. The van der Waals surface area contributed by atoms with Gasteiger partial charge >= 0.3 is 0 Å². The minimum atomic E-state index is 0.448. The lowest BCUT2D eigenvalue weighted by Crippen LogP contribution is -2.05. The quantitative estimate of drug-likeness (QED) is 0.663. The molecule has 1 aromatic heterocycles. The van der Waals surface area contributed by atoms with Crippen LogP contribution in [0, 0.1) is 5.41 Å². The third-order valence-electron chi connectivity index (χ3n) is 1.60. The summed E-state index contributed by atoms with van der Waals surface area (Å²) in [5, 5.41) is 0. The molecule has 0 unspecified atom stereocenters. The van der Waals surface area contributed by atoms with Crippen molar-refractivity contribution in [1.29, 1.82) is 0 Å². The number of aromatic nitrogens is 1. The molecule has 0 aromatic carbocycles. The molecule has 11 heavy (non-hydrogen) atoms. The van der Waals surface area contributed by atoms with Gasteiger partial charge in [0.25, 0.3) is 0 Å². The predicted molar refractivity (Wildman–Crippen MR) is 49.9 cm³/mol. The van der Waals surface area contributed by atoms with Crippen LogP contribution < -0.4 is 0 Å². The number of hydrogen-bond donors (Lipinski definition) is 0. The zero-order valence-electron chi connectivity index (χ0n) is 7.42. The molecule has 0 N–H and O–H groups in total. The van der Waals surface area contributed by atoms with E-state index in [1.807, 2.05) is 11.7 Å². The van der Waals surface area contributed by atoms with Crippen molar-refractivity contribution in [1.82, 2.24) is 4.98 Å². The fourth-order valence-corrected chi connectivity index (χ4v) is 1.46. The minimum Gasteiger partial charge on any atom is -0.253 e. The Kier molecular flexibility index (Phi) is 2.66. The van der Waals surface area contributed by atoms with Gasteiger partial charge in [-0.25, -0.2) is 0 Å². The van der Waals surface area contributed by atoms with Gasteiger partial charge < -0.3 is 0 Å². The van der Waals surface area contributed by atoms with Crippen molar-refractivity contribution in [3.05, 3.63) is 16.6 Å². The zero-order valence-corrected chi connectivity index (χ0v) is 8.24. The van der Waals surface area contributed by atoms with Gasteiger partial charge in [0.15, 0.2) is 0 Å². The fraction of sp³-hybridized carbons (Fsp3) is 0.667. The molecule has 0 aliphatic heterocycles. The Bertz CT molecular complexity index is 196. The van der Waals surface area contributed by atoms with E-state index in [2.05, 4.69) is 25.8 Å². The van der Waals surface area contributed by atoms with E-state index in [0.717, 1.165) is 0 Å². The summed E-state index contributed by atoms with van der Waals surface area (Å²) in [7, 11) is 0. The Morgan fingerprint density at radius 3 is 2.64 bits per heavy atom. The highest BCUT2D eigenvalue weighted by atomic mass is 32.1. The summed E-state index contributed by atoms with van der Waals surface area (Å²) in [6, 6.07) is 0. The zero-order chi connectivity index (χ0) is 8.32. The van der Waals surface area contributed by atoms with Crippen molar-refractivity contribution in [2.45, 2.75) is 33.6 Å². The molecule has 0 atom stereocenters. The molecule has 0 amide bonds. The summed E-state index contributed by atoms with van der Waals surface area (Å²) in [5.41, 5.74) is 2.35. The second kappa shape index (κ2) is 3.35. The lowest BCUT2D eigenvalue weighted by Gasteiger charge is -2.16. The van der Waals surface area contributed by atoms with E-state index in [9.17, 15) is 0 Å². The molecular weight excluding hydrogens is 154 g/mol. The molecule has 0 radical (unpaired) electrons. The Labute approximate surface area is 72.5 Å². The van der Waals surface area contributed by atoms with Gasteiger partial charge in [-0.1, -0.05) is 20.8 Å². The lowest BCUT2D eigenvalue weighted by atomic mass is 9.90. The van der Waals surface area contributed by atoms with Crippen LogP contribution in [0.15, 0.2) is 11.7 Å². The molecule has 0 fully saturated rings. The normalized spacial score (nSPS) is 11.9. The molecule has 0 aliphatic carbocycles. The third kappa shape index (κ3) is 3.51. The van der Waals surface area contributed by atoms with E-state index in [-0.39, 0.29) is 0 Å². The number of aryl methyl sites for hydroxylation is 1. The topological polar surface area (TPSA) is 12.9 Å². The molecule has 1 heterocycles. The Balaban J connectivity index is 2.35. The smallest absolute Gasteiger partial charge is 0.0794 e. The molecular formula is C9H15NS. The highest BCUT2D eigenvalue weighted by Crippen LogP contribution is 2.22. The Morgan fingerprint density at radius 1 is 1.45 bits per heavy atom. The van der Waals surface area contributed by atoms with Gasteiger partial charge in [0.2, 0.25) is 0 Å². The van der Waals surface area contributed by atoms with Crippen LogP contribution >= 0.6 is 11.3 Å². The first-order chi connectivity index (χ1) is 5.08. The first kappa shape index (κ1) is 8.72. The van der Waals surface area contributed by atoms with E-state index in [1.54, 1.807) is 11.3 Å². The van der Waals surface area contributed by atoms with Gasteiger partial charge in [0.05, 0.1) is 5.51 Å². The van der Waals surface area contributed by atoms with Crippen molar-refractivity contribution >= 4 is 11.3 Å². The second-order valence-corrected chi connectivity index (χ2v) is 5.00. The van der Waals surface area contributed by atoms with E-state index in [0.29, 0.717) is 5.41 Å². The Morgan fingerprint density at radius 2 is 2.18 bits per heavy atom. The molecule has 0 saturated heterocycles. The first-order valence-corrected chi connectivity index (χ1v) is 4.83. The van der Waals surface area contributed by atoms with Crippen LogP contribution in [0.3, 0.4) is 0 Å². The predicted octanol–water partition coefficient (Wildman–Crippen LogP) is 3.12. The number of nitrogens with zero attached hydrogens (tertiary/aromatic N) is 1. The Hall–Kier alpha value is -0.370. The molecule has 0 bridgehead atoms. The number of hydrogen-bond acceptors (Lipinski definition) is 2. The van der Waals surface area contributed by atoms with Crippen molar-refractivity contribution in [3.63, 3.8) is 0 Å². The molecule has 0 spiro atoms. The maximum Gasteiger partial charge on any atom is 0.0794 e. The second-order valence-electron chi connectivity index (χ2n) is 4.03. The monoisotopic (exact) mass is 169 g/mol. The van der Waals surface area contributed by atoms with Crippen LogP contribution in [-0.2, 0) is 6.42 Å². The van der Waals surface area contributed by atoms with E-state index < -0.39 is 0 Å². The summed E-state index contributed by atoms with van der Waals surface area (Å²) in [6.07, 6.45) is 4.39. The van der Waals surface area contributed by atoms with Crippen LogP contribution in [0.25, 0.3) is 0 Å². The average molecular weight is 169 g/mol.